The van der Waals surface area contributed by atoms with Crippen LogP contribution in [0.2, 0.25) is 0 Å². The molecule has 0 unspecified atom stereocenters. The molecule has 0 radical (unpaired) electrons. The molecule has 1 saturated heterocycles. The Hall–Kier alpha value is -1.62. The molecule has 0 aliphatic carbocycles. The normalized spacial score (nSPS) is 19.2. The highest BCUT2D eigenvalue weighted by Crippen LogP contribution is 2.33. The number of likely N-dealkylation sites (tertiary alicyclic amines) is 1. The summed E-state index contributed by atoms with van der Waals surface area (Å²) in [5, 5.41) is 11.2. The molecule has 1 fully saturated rings. The summed E-state index contributed by atoms with van der Waals surface area (Å²) in [7, 11) is 0. The van der Waals surface area contributed by atoms with Crippen LogP contribution in [0.1, 0.15) is 20.3 Å². The molecule has 1 aromatic carbocycles. The van der Waals surface area contributed by atoms with Gasteiger partial charge in [0.15, 0.2) is 0 Å². The Labute approximate surface area is 122 Å². The lowest BCUT2D eigenvalue weighted by molar-refractivity contribution is -0.128. The summed E-state index contributed by atoms with van der Waals surface area (Å²) in [4.78, 5) is 14.3. The van der Waals surface area contributed by atoms with Crippen LogP contribution in [0.5, 0.6) is 0 Å². The number of thioether (sulfide) groups is 1. The van der Waals surface area contributed by atoms with Gasteiger partial charge in [-0.05, 0) is 20.3 Å². The zero-order valence-electron chi connectivity index (χ0n) is 11.6. The molecule has 0 saturated carbocycles. The first-order valence-electron chi connectivity index (χ1n) is 6.84. The number of fused-ring (bicyclic) bond motifs is 1. The molecule has 5 heteroatoms. The van der Waals surface area contributed by atoms with Crippen molar-refractivity contribution in [2.75, 3.05) is 6.54 Å². The molecule has 1 atom stereocenters. The Bertz CT molecular complexity index is 639. The number of nitrogens with zero attached hydrogens (tertiary/aromatic N) is 3. The average molecular weight is 287 g/mol. The zero-order valence-corrected chi connectivity index (χ0v) is 12.4. The van der Waals surface area contributed by atoms with Crippen molar-refractivity contribution in [3.63, 3.8) is 0 Å². The third-order valence-corrected chi connectivity index (χ3v) is 4.85. The van der Waals surface area contributed by atoms with Gasteiger partial charge < -0.3 is 4.90 Å². The maximum Gasteiger partial charge on any atom is 0.236 e. The van der Waals surface area contributed by atoms with E-state index < -0.39 is 0 Å². The fourth-order valence-corrected chi connectivity index (χ4v) is 3.66. The van der Waals surface area contributed by atoms with Crippen molar-refractivity contribution in [2.24, 2.45) is 0 Å². The second-order valence-electron chi connectivity index (χ2n) is 5.26. The minimum absolute atomic E-state index is 0.0301. The first-order chi connectivity index (χ1) is 9.66. The summed E-state index contributed by atoms with van der Waals surface area (Å²) in [5.74, 6) is 0.222. The van der Waals surface area contributed by atoms with Gasteiger partial charge in [0.2, 0.25) is 5.91 Å². The van der Waals surface area contributed by atoms with Gasteiger partial charge in [-0.25, -0.2) is 0 Å². The smallest absolute Gasteiger partial charge is 0.236 e. The Kier molecular flexibility index (Phi) is 3.61. The van der Waals surface area contributed by atoms with Gasteiger partial charge in [0.25, 0.3) is 0 Å². The number of aromatic nitrogens is 2. The van der Waals surface area contributed by atoms with Crippen molar-refractivity contribution in [1.29, 1.82) is 0 Å². The minimum Gasteiger partial charge on any atom is -0.339 e. The van der Waals surface area contributed by atoms with Crippen molar-refractivity contribution < 1.29 is 4.79 Å². The van der Waals surface area contributed by atoms with Gasteiger partial charge in [-0.1, -0.05) is 36.0 Å². The number of hydrogen-bond donors (Lipinski definition) is 0. The van der Waals surface area contributed by atoms with Crippen LogP contribution in [-0.4, -0.2) is 38.8 Å². The molecule has 104 valence electrons. The molecule has 2 aromatic rings. The predicted octanol–water partition coefficient (Wildman–Crippen LogP) is 2.73. The molecule has 0 spiro atoms. The molecule has 1 aromatic heterocycles. The van der Waals surface area contributed by atoms with Crippen LogP contribution in [0.15, 0.2) is 35.5 Å². The molecule has 2 heterocycles. The highest BCUT2D eigenvalue weighted by atomic mass is 32.2. The van der Waals surface area contributed by atoms with Crippen LogP contribution >= 0.6 is 11.8 Å². The first-order valence-corrected chi connectivity index (χ1v) is 7.72. The SMILES string of the molecule is CC(C)N1CC[C@@H](Sc2nncc3ccccc23)C1=O. The van der Waals surface area contributed by atoms with E-state index in [4.69, 9.17) is 0 Å². The van der Waals surface area contributed by atoms with Gasteiger partial charge in [0.05, 0.1) is 11.4 Å². The molecular weight excluding hydrogens is 270 g/mol. The summed E-state index contributed by atoms with van der Waals surface area (Å²) in [5.41, 5.74) is 0. The van der Waals surface area contributed by atoms with E-state index in [1.54, 1.807) is 18.0 Å². The standard InChI is InChI=1S/C15H17N3OS/c1-10(2)18-8-7-13(15(18)19)20-14-12-6-4-3-5-11(12)9-16-17-14/h3-6,9-10,13H,7-8H2,1-2H3/t13-/m1/s1. The van der Waals surface area contributed by atoms with Crippen molar-refractivity contribution in [1.82, 2.24) is 15.1 Å². The Morgan fingerprint density at radius 2 is 2.15 bits per heavy atom. The monoisotopic (exact) mass is 287 g/mol. The number of carbonyl (C=O) groups is 1. The summed E-state index contributed by atoms with van der Waals surface area (Å²) in [6, 6.07) is 8.30. The molecule has 1 aliphatic heterocycles. The lowest BCUT2D eigenvalue weighted by Crippen LogP contribution is -2.34. The van der Waals surface area contributed by atoms with Crippen LogP contribution < -0.4 is 0 Å². The fraction of sp³-hybridized carbons (Fsp3) is 0.400. The topological polar surface area (TPSA) is 46.1 Å². The summed E-state index contributed by atoms with van der Waals surface area (Å²) in [6.07, 6.45) is 2.64. The fourth-order valence-electron chi connectivity index (χ4n) is 2.52. The summed E-state index contributed by atoms with van der Waals surface area (Å²) < 4.78 is 0. The summed E-state index contributed by atoms with van der Waals surface area (Å²) in [6.45, 7) is 4.96. The van der Waals surface area contributed by atoms with Crippen molar-refractivity contribution >= 4 is 28.4 Å². The first kappa shape index (κ1) is 13.4. The molecule has 20 heavy (non-hydrogen) atoms. The number of carbonyl (C=O) groups excluding carboxylic acids is 1. The van der Waals surface area contributed by atoms with Crippen LogP contribution in [0.4, 0.5) is 0 Å². The number of rotatable bonds is 3. The number of hydrogen-bond acceptors (Lipinski definition) is 4. The maximum absolute atomic E-state index is 12.3. The minimum atomic E-state index is -0.0301. The van der Waals surface area contributed by atoms with Crippen LogP contribution in [0.3, 0.4) is 0 Å². The third-order valence-electron chi connectivity index (χ3n) is 3.60. The van der Waals surface area contributed by atoms with E-state index in [1.165, 1.54) is 0 Å². The van der Waals surface area contributed by atoms with E-state index in [0.29, 0.717) is 0 Å². The van der Waals surface area contributed by atoms with E-state index in [9.17, 15) is 4.79 Å². The quantitative estimate of drug-likeness (QED) is 0.871. The van der Waals surface area contributed by atoms with Gasteiger partial charge in [0, 0.05) is 23.4 Å². The Balaban J connectivity index is 1.86. The van der Waals surface area contributed by atoms with Gasteiger partial charge in [-0.3, -0.25) is 4.79 Å². The molecule has 0 bridgehead atoms. The second-order valence-corrected chi connectivity index (χ2v) is 6.45. The van der Waals surface area contributed by atoms with E-state index in [-0.39, 0.29) is 17.2 Å². The highest BCUT2D eigenvalue weighted by Gasteiger charge is 2.34. The molecule has 1 amide bonds. The molecule has 3 rings (SSSR count). The van der Waals surface area contributed by atoms with Gasteiger partial charge in [0.1, 0.15) is 5.03 Å². The lowest BCUT2D eigenvalue weighted by Gasteiger charge is -2.20. The third kappa shape index (κ3) is 2.38. The van der Waals surface area contributed by atoms with Crippen LogP contribution in [-0.2, 0) is 4.79 Å². The lowest BCUT2D eigenvalue weighted by atomic mass is 10.2. The van der Waals surface area contributed by atoms with Crippen molar-refractivity contribution in [3.05, 3.63) is 30.5 Å². The van der Waals surface area contributed by atoms with Crippen molar-refractivity contribution in [3.8, 4) is 0 Å². The highest BCUT2D eigenvalue weighted by molar-refractivity contribution is 8.00. The zero-order chi connectivity index (χ0) is 14.1. The van der Waals surface area contributed by atoms with E-state index >= 15 is 0 Å². The largest absolute Gasteiger partial charge is 0.339 e. The molecule has 4 nitrogen and oxygen atoms in total. The molecule has 1 aliphatic rings. The molecular formula is C15H17N3OS. The van der Waals surface area contributed by atoms with Crippen LogP contribution in [0, 0.1) is 0 Å². The van der Waals surface area contributed by atoms with E-state index in [2.05, 4.69) is 24.0 Å². The van der Waals surface area contributed by atoms with E-state index in [1.807, 2.05) is 29.2 Å². The number of amides is 1. The number of benzene rings is 1. The summed E-state index contributed by atoms with van der Waals surface area (Å²) >= 11 is 1.55. The van der Waals surface area contributed by atoms with Crippen LogP contribution in [0.25, 0.3) is 10.8 Å². The Morgan fingerprint density at radius 3 is 2.90 bits per heavy atom. The average Bonchev–Trinajstić information content (AvgIpc) is 2.81. The second kappa shape index (κ2) is 5.40. The maximum atomic E-state index is 12.3. The van der Waals surface area contributed by atoms with Crippen molar-refractivity contribution in [2.45, 2.75) is 36.6 Å². The van der Waals surface area contributed by atoms with Gasteiger partial charge in [-0.15, -0.1) is 5.10 Å². The van der Waals surface area contributed by atoms with Gasteiger partial charge in [-0.2, -0.15) is 5.10 Å². The molecule has 0 N–H and O–H groups in total. The van der Waals surface area contributed by atoms with E-state index in [0.717, 1.165) is 28.8 Å². The predicted molar refractivity (Wildman–Crippen MR) is 80.6 cm³/mol. The Morgan fingerprint density at radius 1 is 1.35 bits per heavy atom. The van der Waals surface area contributed by atoms with Gasteiger partial charge >= 0.3 is 0 Å².